The Balaban J connectivity index is 2.65. The minimum Gasteiger partial charge on any atom is -0.465 e. The highest BCUT2D eigenvalue weighted by atomic mass is 32.2. The number of anilines is 2. The van der Waals surface area contributed by atoms with Crippen molar-refractivity contribution < 1.29 is 27.5 Å². The molecule has 0 radical (unpaired) electrons. The van der Waals surface area contributed by atoms with Crippen molar-refractivity contribution in [3.8, 4) is 0 Å². The Kier molecular flexibility index (Phi) is 6.06. The molecule has 0 spiro atoms. The molecular formula is C18H20N2O6S. The molecule has 144 valence electrons. The predicted molar refractivity (Wildman–Crippen MR) is 101 cm³/mol. The molecule has 0 saturated carbocycles. The number of aryl methyl sites for hydroxylation is 1. The van der Waals surface area contributed by atoms with Gasteiger partial charge in [-0.15, -0.1) is 0 Å². The quantitative estimate of drug-likeness (QED) is 0.763. The predicted octanol–water partition coefficient (Wildman–Crippen LogP) is 1.86. The van der Waals surface area contributed by atoms with Crippen LogP contribution in [0.15, 0.2) is 53.9 Å². The lowest BCUT2D eigenvalue weighted by atomic mass is 10.1. The van der Waals surface area contributed by atoms with Crippen molar-refractivity contribution in [2.24, 2.45) is 0 Å². The summed E-state index contributed by atoms with van der Waals surface area (Å²) in [5.74, 6) is -1.45. The highest BCUT2D eigenvalue weighted by Crippen LogP contribution is 2.30. The molecule has 27 heavy (non-hydrogen) atoms. The first kappa shape index (κ1) is 20.2. The number of sulfonamides is 1. The van der Waals surface area contributed by atoms with Crippen molar-refractivity contribution in [3.05, 3.63) is 59.5 Å². The number of methoxy groups -OCH3 is 2. The number of benzene rings is 1. The van der Waals surface area contributed by atoms with E-state index in [-0.39, 0.29) is 11.3 Å². The second kappa shape index (κ2) is 8.09. The summed E-state index contributed by atoms with van der Waals surface area (Å²) in [5, 5.41) is 0. The van der Waals surface area contributed by atoms with Crippen LogP contribution in [0.1, 0.15) is 5.56 Å². The average Bonchev–Trinajstić information content (AvgIpc) is 2.84. The van der Waals surface area contributed by atoms with Crippen LogP contribution in [0.5, 0.6) is 0 Å². The average molecular weight is 392 g/mol. The molecule has 0 bridgehead atoms. The minimum atomic E-state index is -3.49. The molecule has 1 aromatic carbocycles. The van der Waals surface area contributed by atoms with Crippen LogP contribution in [0, 0.1) is 6.92 Å². The van der Waals surface area contributed by atoms with Gasteiger partial charge in [0.05, 0.1) is 31.7 Å². The van der Waals surface area contributed by atoms with E-state index in [0.29, 0.717) is 16.9 Å². The number of allylic oxidation sites excluding steroid dienone is 2. The van der Waals surface area contributed by atoms with Gasteiger partial charge >= 0.3 is 11.9 Å². The van der Waals surface area contributed by atoms with Crippen molar-refractivity contribution in [1.82, 2.24) is 0 Å². The number of hydrogen-bond donors (Lipinski definition) is 1. The van der Waals surface area contributed by atoms with Gasteiger partial charge in [-0.1, -0.05) is 12.1 Å². The number of hydrogen-bond acceptors (Lipinski definition) is 7. The zero-order valence-corrected chi connectivity index (χ0v) is 16.2. The van der Waals surface area contributed by atoms with Crippen LogP contribution in [0.2, 0.25) is 0 Å². The summed E-state index contributed by atoms with van der Waals surface area (Å²) in [7, 11) is -1.08. The molecule has 8 nitrogen and oxygen atoms in total. The number of nitrogens with zero attached hydrogens (tertiary/aromatic N) is 1. The number of carbonyl (C=O) groups excluding carboxylic acids is 2. The van der Waals surface area contributed by atoms with Gasteiger partial charge in [-0.2, -0.15) is 0 Å². The Morgan fingerprint density at radius 1 is 1.07 bits per heavy atom. The number of ether oxygens (including phenoxy) is 2. The smallest absolute Gasteiger partial charge is 0.355 e. The Bertz CT molecular complexity index is 960. The third-order valence-electron chi connectivity index (χ3n) is 3.68. The van der Waals surface area contributed by atoms with Crippen LogP contribution in [-0.4, -0.2) is 40.8 Å². The fourth-order valence-corrected chi connectivity index (χ4v) is 3.05. The normalized spacial score (nSPS) is 14.0. The molecule has 0 atom stereocenters. The molecule has 1 heterocycles. The van der Waals surface area contributed by atoms with Gasteiger partial charge in [-0.05, 0) is 36.8 Å². The van der Waals surface area contributed by atoms with E-state index in [2.05, 4.69) is 4.72 Å². The van der Waals surface area contributed by atoms with Crippen molar-refractivity contribution in [2.75, 3.05) is 30.1 Å². The minimum absolute atomic E-state index is 0.00699. The zero-order chi connectivity index (χ0) is 20.2. The van der Waals surface area contributed by atoms with Crippen molar-refractivity contribution in [3.63, 3.8) is 0 Å². The van der Waals surface area contributed by atoms with E-state index in [9.17, 15) is 18.0 Å². The Morgan fingerprint density at radius 3 is 2.33 bits per heavy atom. The summed E-state index contributed by atoms with van der Waals surface area (Å²) in [4.78, 5) is 26.0. The summed E-state index contributed by atoms with van der Waals surface area (Å²) in [5.41, 5.74) is 1.45. The third-order valence-corrected chi connectivity index (χ3v) is 4.27. The van der Waals surface area contributed by atoms with E-state index in [4.69, 9.17) is 9.47 Å². The van der Waals surface area contributed by atoms with Crippen LogP contribution in [0.25, 0.3) is 0 Å². The molecule has 0 aromatic heterocycles. The van der Waals surface area contributed by atoms with Gasteiger partial charge < -0.3 is 14.4 Å². The van der Waals surface area contributed by atoms with Gasteiger partial charge in [0.15, 0.2) is 0 Å². The first-order valence-electron chi connectivity index (χ1n) is 7.81. The van der Waals surface area contributed by atoms with Gasteiger partial charge in [0, 0.05) is 11.9 Å². The van der Waals surface area contributed by atoms with Crippen LogP contribution >= 0.6 is 0 Å². The highest BCUT2D eigenvalue weighted by Gasteiger charge is 2.27. The van der Waals surface area contributed by atoms with E-state index in [0.717, 1.165) is 6.26 Å². The lowest BCUT2D eigenvalue weighted by Crippen LogP contribution is -2.27. The van der Waals surface area contributed by atoms with Gasteiger partial charge in [-0.3, -0.25) is 4.72 Å². The summed E-state index contributed by atoms with van der Waals surface area (Å²) in [6.45, 7) is 1.74. The molecular weight excluding hydrogens is 372 g/mol. The van der Waals surface area contributed by atoms with Crippen LogP contribution in [-0.2, 0) is 29.1 Å². The molecule has 1 N–H and O–H groups in total. The Hall–Kier alpha value is -3.07. The van der Waals surface area contributed by atoms with Gasteiger partial charge in [0.2, 0.25) is 10.0 Å². The molecule has 0 fully saturated rings. The van der Waals surface area contributed by atoms with Gasteiger partial charge in [0.25, 0.3) is 0 Å². The molecule has 1 aliphatic rings. The molecule has 0 unspecified atom stereocenters. The second-order valence-corrected chi connectivity index (χ2v) is 7.44. The molecule has 0 saturated heterocycles. The zero-order valence-electron chi connectivity index (χ0n) is 15.3. The SMILES string of the molecule is COC(=O)C1=C(C(=O)OC)N(c2ccc(C)c(NS(C)(=O)=O)c2)C=CC=C1. The molecule has 1 aromatic rings. The van der Waals surface area contributed by atoms with E-state index in [1.54, 1.807) is 43.5 Å². The first-order valence-corrected chi connectivity index (χ1v) is 9.70. The highest BCUT2D eigenvalue weighted by molar-refractivity contribution is 7.92. The van der Waals surface area contributed by atoms with Crippen LogP contribution in [0.4, 0.5) is 11.4 Å². The topological polar surface area (TPSA) is 102 Å². The second-order valence-electron chi connectivity index (χ2n) is 5.69. The maximum atomic E-state index is 12.4. The third kappa shape index (κ3) is 4.76. The Morgan fingerprint density at radius 2 is 1.74 bits per heavy atom. The number of carbonyl (C=O) groups is 2. The lowest BCUT2D eigenvalue weighted by molar-refractivity contribution is -0.139. The molecule has 2 rings (SSSR count). The van der Waals surface area contributed by atoms with E-state index < -0.39 is 22.0 Å². The monoisotopic (exact) mass is 392 g/mol. The lowest BCUT2D eigenvalue weighted by Gasteiger charge is -2.24. The maximum absolute atomic E-state index is 12.4. The summed E-state index contributed by atoms with van der Waals surface area (Å²) >= 11 is 0. The van der Waals surface area contributed by atoms with E-state index >= 15 is 0 Å². The summed E-state index contributed by atoms with van der Waals surface area (Å²) in [6, 6.07) is 4.95. The fourth-order valence-electron chi connectivity index (χ4n) is 2.44. The number of esters is 2. The van der Waals surface area contributed by atoms with Crippen molar-refractivity contribution in [1.29, 1.82) is 0 Å². The van der Waals surface area contributed by atoms with Crippen molar-refractivity contribution >= 4 is 33.3 Å². The maximum Gasteiger partial charge on any atom is 0.355 e. The summed E-state index contributed by atoms with van der Waals surface area (Å²) in [6.07, 6.45) is 7.26. The molecule has 0 aliphatic carbocycles. The molecule has 9 heteroatoms. The Labute approximate surface area is 157 Å². The molecule has 0 amide bonds. The largest absolute Gasteiger partial charge is 0.465 e. The van der Waals surface area contributed by atoms with E-state index in [1.807, 2.05) is 0 Å². The van der Waals surface area contributed by atoms with Crippen LogP contribution in [0.3, 0.4) is 0 Å². The first-order chi connectivity index (χ1) is 12.7. The fraction of sp³-hybridized carbons (Fsp3) is 0.222. The van der Waals surface area contributed by atoms with E-state index in [1.165, 1.54) is 25.2 Å². The van der Waals surface area contributed by atoms with Crippen molar-refractivity contribution in [2.45, 2.75) is 6.92 Å². The number of rotatable bonds is 5. The van der Waals surface area contributed by atoms with Gasteiger partial charge in [0.1, 0.15) is 5.70 Å². The van der Waals surface area contributed by atoms with Gasteiger partial charge in [-0.25, -0.2) is 18.0 Å². The standard InChI is InChI=1S/C18H20N2O6S/c1-12-8-9-13(11-15(12)19-27(4,23)24)20-10-6-5-7-14(17(21)25-2)16(20)18(22)26-3/h5-11,19H,1-4H3. The summed E-state index contributed by atoms with van der Waals surface area (Å²) < 4.78 is 35.2. The number of nitrogens with one attached hydrogen (secondary N) is 1. The van der Waals surface area contributed by atoms with Crippen LogP contribution < -0.4 is 9.62 Å². The molecule has 1 aliphatic heterocycles.